The minimum atomic E-state index is -0.251. The second-order valence-electron chi connectivity index (χ2n) is 8.26. The highest BCUT2D eigenvalue weighted by molar-refractivity contribution is 7.98. The van der Waals surface area contributed by atoms with E-state index < -0.39 is 0 Å². The lowest BCUT2D eigenvalue weighted by Gasteiger charge is -2.16. The third-order valence-electron chi connectivity index (χ3n) is 5.86. The minimum absolute atomic E-state index is 0.130. The van der Waals surface area contributed by atoms with Gasteiger partial charge in [0.05, 0.1) is 0 Å². The van der Waals surface area contributed by atoms with Crippen molar-refractivity contribution in [1.29, 1.82) is 0 Å². The van der Waals surface area contributed by atoms with E-state index >= 15 is 0 Å². The summed E-state index contributed by atoms with van der Waals surface area (Å²) >= 11 is 1.36. The fraction of sp³-hybridized carbons (Fsp3) is 0.269. The Hall–Kier alpha value is -2.99. The molecule has 0 bridgehead atoms. The number of benzene rings is 3. The molecule has 3 aromatic carbocycles. The van der Waals surface area contributed by atoms with Crippen molar-refractivity contribution in [1.82, 2.24) is 4.72 Å². The van der Waals surface area contributed by atoms with E-state index in [1.165, 1.54) is 76.9 Å². The van der Waals surface area contributed by atoms with Gasteiger partial charge in [-0.1, -0.05) is 23.8 Å². The first-order chi connectivity index (χ1) is 15.5. The highest BCUT2D eigenvalue weighted by atomic mass is 32.2. The Morgan fingerprint density at radius 3 is 2.06 bits per heavy atom. The van der Waals surface area contributed by atoms with E-state index in [1.54, 1.807) is 0 Å². The van der Waals surface area contributed by atoms with Crippen molar-refractivity contribution in [2.75, 3.05) is 11.1 Å². The number of hydrogen-bond donors (Lipinski definition) is 3. The Morgan fingerprint density at radius 2 is 1.50 bits per heavy atom. The molecule has 0 spiro atoms. The van der Waals surface area contributed by atoms with Crippen LogP contribution in [0.4, 0.5) is 20.6 Å². The minimum Gasteiger partial charge on any atom is -0.399 e. The number of amides is 2. The van der Waals surface area contributed by atoms with Crippen LogP contribution in [0.25, 0.3) is 0 Å². The SMILES string of the molecule is Cc1ccc(SNC(=O)Nc2c3c(cc4c2CCC4)CCC3)cc1.Nc1ccc(F)cc1. The van der Waals surface area contributed by atoms with Crippen molar-refractivity contribution in [2.45, 2.75) is 50.3 Å². The van der Waals surface area contributed by atoms with E-state index in [2.05, 4.69) is 35.2 Å². The Balaban J connectivity index is 0.000000260. The van der Waals surface area contributed by atoms with Crippen LogP contribution in [0.2, 0.25) is 0 Å². The first kappa shape index (κ1) is 22.2. The van der Waals surface area contributed by atoms with Gasteiger partial charge in [-0.25, -0.2) is 9.18 Å². The zero-order chi connectivity index (χ0) is 22.5. The molecule has 0 saturated carbocycles. The molecule has 0 saturated heterocycles. The zero-order valence-corrected chi connectivity index (χ0v) is 19.0. The summed E-state index contributed by atoms with van der Waals surface area (Å²) in [7, 11) is 0. The molecule has 0 fully saturated rings. The summed E-state index contributed by atoms with van der Waals surface area (Å²) in [4.78, 5) is 13.5. The van der Waals surface area contributed by atoms with Crippen molar-refractivity contribution in [3.8, 4) is 0 Å². The number of rotatable bonds is 3. The number of nitrogens with two attached hydrogens (primary N) is 1. The van der Waals surface area contributed by atoms with Gasteiger partial charge < -0.3 is 11.1 Å². The number of hydrogen-bond acceptors (Lipinski definition) is 3. The molecular formula is C26H28FN3OS. The number of carbonyl (C=O) groups excluding carboxylic acids is 1. The number of anilines is 2. The van der Waals surface area contributed by atoms with Gasteiger partial charge in [-0.15, -0.1) is 0 Å². The summed E-state index contributed by atoms with van der Waals surface area (Å²) in [5.74, 6) is -0.251. The van der Waals surface area contributed by atoms with Gasteiger partial charge in [0, 0.05) is 16.3 Å². The Labute approximate surface area is 192 Å². The molecule has 32 heavy (non-hydrogen) atoms. The van der Waals surface area contributed by atoms with Gasteiger partial charge in [0.1, 0.15) is 5.82 Å². The first-order valence-corrected chi connectivity index (χ1v) is 11.8. The summed E-state index contributed by atoms with van der Waals surface area (Å²) in [5, 5.41) is 3.15. The highest BCUT2D eigenvalue weighted by Gasteiger charge is 2.24. The van der Waals surface area contributed by atoms with E-state index in [1.807, 2.05) is 12.1 Å². The number of nitrogens with one attached hydrogen (secondary N) is 2. The number of halogens is 1. The van der Waals surface area contributed by atoms with Gasteiger partial charge in [-0.2, -0.15) is 0 Å². The van der Waals surface area contributed by atoms with Crippen LogP contribution >= 0.6 is 11.9 Å². The summed E-state index contributed by atoms with van der Waals surface area (Å²) in [6.45, 7) is 2.06. The van der Waals surface area contributed by atoms with Crippen LogP contribution < -0.4 is 15.8 Å². The average Bonchev–Trinajstić information content (AvgIpc) is 3.45. The molecule has 6 heteroatoms. The van der Waals surface area contributed by atoms with Crippen LogP contribution in [-0.4, -0.2) is 6.03 Å². The van der Waals surface area contributed by atoms with Gasteiger partial charge >= 0.3 is 6.03 Å². The molecule has 0 aromatic heterocycles. The van der Waals surface area contributed by atoms with E-state index in [0.29, 0.717) is 5.69 Å². The molecule has 4 nitrogen and oxygen atoms in total. The van der Waals surface area contributed by atoms with Gasteiger partial charge in [0.15, 0.2) is 0 Å². The van der Waals surface area contributed by atoms with E-state index in [4.69, 9.17) is 5.73 Å². The Morgan fingerprint density at radius 1 is 0.906 bits per heavy atom. The lowest BCUT2D eigenvalue weighted by Crippen LogP contribution is -2.24. The molecule has 0 aliphatic heterocycles. The smallest absolute Gasteiger partial charge is 0.329 e. The predicted molar refractivity (Wildman–Crippen MR) is 130 cm³/mol. The van der Waals surface area contributed by atoms with Gasteiger partial charge in [0.25, 0.3) is 0 Å². The molecule has 5 rings (SSSR count). The molecule has 4 N–H and O–H groups in total. The normalized spacial score (nSPS) is 13.6. The predicted octanol–water partition coefficient (Wildman–Crippen LogP) is 6.21. The lowest BCUT2D eigenvalue weighted by molar-refractivity contribution is 0.257. The number of fused-ring (bicyclic) bond motifs is 2. The summed E-state index contributed by atoms with van der Waals surface area (Å²) in [6, 6.07) is 16.1. The van der Waals surface area contributed by atoms with Crippen LogP contribution in [0, 0.1) is 12.7 Å². The molecule has 166 valence electrons. The molecule has 0 atom stereocenters. The van der Waals surface area contributed by atoms with Gasteiger partial charge in [0.2, 0.25) is 0 Å². The number of urea groups is 1. The standard InChI is InChI=1S/C20H22N2OS.C6H6FN/c1-13-8-10-16(11-9-13)24-22-20(23)21-19-17-6-2-4-14(17)12-15-5-3-7-18(15)19;7-5-1-3-6(8)4-2-5/h8-12H,2-7H2,1H3,(H2,21,22,23);1-4H,8H2. The number of aryl methyl sites for hydroxylation is 3. The Bertz CT molecular complexity index is 1040. The maximum absolute atomic E-state index is 12.4. The Kier molecular flexibility index (Phi) is 7.00. The van der Waals surface area contributed by atoms with Crippen molar-refractivity contribution in [2.24, 2.45) is 0 Å². The van der Waals surface area contributed by atoms with E-state index in [-0.39, 0.29) is 11.8 Å². The van der Waals surface area contributed by atoms with E-state index in [0.717, 1.165) is 36.3 Å². The fourth-order valence-corrected chi connectivity index (χ4v) is 4.81. The first-order valence-electron chi connectivity index (χ1n) is 11.0. The fourth-order valence-electron chi connectivity index (χ4n) is 4.28. The maximum atomic E-state index is 12.4. The van der Waals surface area contributed by atoms with E-state index in [9.17, 15) is 9.18 Å². The number of carbonyl (C=O) groups is 1. The van der Waals surface area contributed by atoms with Crippen LogP contribution in [0.1, 0.15) is 40.7 Å². The highest BCUT2D eigenvalue weighted by Crippen LogP contribution is 2.38. The molecule has 2 aliphatic rings. The topological polar surface area (TPSA) is 67.2 Å². The summed E-state index contributed by atoms with van der Waals surface area (Å²) < 4.78 is 14.9. The quantitative estimate of drug-likeness (QED) is 0.329. The summed E-state index contributed by atoms with van der Waals surface area (Å²) in [6.07, 6.45) is 6.88. The summed E-state index contributed by atoms with van der Waals surface area (Å²) in [5.41, 5.74) is 13.8. The molecule has 0 heterocycles. The largest absolute Gasteiger partial charge is 0.399 e. The molecule has 2 amide bonds. The van der Waals surface area contributed by atoms with Crippen LogP contribution in [0.15, 0.2) is 59.5 Å². The van der Waals surface area contributed by atoms with Gasteiger partial charge in [-0.3, -0.25) is 4.72 Å². The van der Waals surface area contributed by atoms with Gasteiger partial charge in [-0.05, 0) is 116 Å². The molecule has 0 unspecified atom stereocenters. The van der Waals surface area contributed by atoms with Crippen molar-refractivity contribution in [3.05, 3.63) is 88.2 Å². The molecule has 2 aliphatic carbocycles. The lowest BCUT2D eigenvalue weighted by atomic mass is 9.99. The zero-order valence-electron chi connectivity index (χ0n) is 18.2. The second kappa shape index (κ2) is 10.1. The second-order valence-corrected chi connectivity index (χ2v) is 9.14. The number of nitrogen functional groups attached to an aromatic ring is 1. The van der Waals surface area contributed by atoms with Crippen molar-refractivity contribution < 1.29 is 9.18 Å². The average molecular weight is 450 g/mol. The maximum Gasteiger partial charge on any atom is 0.329 e. The monoisotopic (exact) mass is 449 g/mol. The van der Waals surface area contributed by atoms with Crippen molar-refractivity contribution in [3.63, 3.8) is 0 Å². The third-order valence-corrected chi connectivity index (χ3v) is 6.66. The molecular weight excluding hydrogens is 421 g/mol. The third kappa shape index (κ3) is 5.43. The van der Waals surface area contributed by atoms with Crippen LogP contribution in [0.3, 0.4) is 0 Å². The van der Waals surface area contributed by atoms with Crippen LogP contribution in [0.5, 0.6) is 0 Å². The van der Waals surface area contributed by atoms with Crippen LogP contribution in [-0.2, 0) is 25.7 Å². The molecule has 3 aromatic rings. The van der Waals surface area contributed by atoms with Crippen molar-refractivity contribution >= 4 is 29.4 Å². The molecule has 0 radical (unpaired) electrons.